The van der Waals surface area contributed by atoms with Crippen LogP contribution in [0, 0.1) is 6.92 Å². The van der Waals surface area contributed by atoms with Gasteiger partial charge in [-0.05, 0) is 95.6 Å². The normalized spacial score (nSPS) is 11.3. The molecule has 56 heavy (non-hydrogen) atoms. The molecule has 274 valence electrons. The lowest BCUT2D eigenvalue weighted by atomic mass is 9.97. The molecule has 0 saturated heterocycles. The maximum Gasteiger partial charge on any atom is 0.350 e. The summed E-state index contributed by atoms with van der Waals surface area (Å²) in [4.78, 5) is 18.2. The molecule has 0 aliphatic rings. The molecule has 0 aliphatic heterocycles. The number of carbonyl (C=O) groups excluding carboxylic acids is 1. The van der Waals surface area contributed by atoms with Crippen molar-refractivity contribution >= 4 is 16.3 Å². The predicted molar refractivity (Wildman–Crippen MR) is 223 cm³/mol. The van der Waals surface area contributed by atoms with E-state index >= 15 is 4.79 Å². The minimum Gasteiger partial charge on any atom is -0.453 e. The first-order valence-corrected chi connectivity index (χ1v) is 19.8. The second-order valence-corrected chi connectivity index (χ2v) is 15.6. The Balaban J connectivity index is 1.41. The van der Waals surface area contributed by atoms with Gasteiger partial charge in [0.1, 0.15) is 17.2 Å². The zero-order valence-electron chi connectivity index (χ0n) is 30.7. The van der Waals surface area contributed by atoms with Crippen LogP contribution in [0.2, 0.25) is 0 Å². The molecule has 0 amide bonds. The van der Waals surface area contributed by atoms with E-state index in [-0.39, 0.29) is 11.3 Å². The highest BCUT2D eigenvalue weighted by Gasteiger charge is 2.38. The van der Waals surface area contributed by atoms with E-state index in [1.165, 1.54) is 0 Å². The summed E-state index contributed by atoms with van der Waals surface area (Å²) in [6.45, 7) is 2.05. The number of aryl methyl sites for hydroxylation is 1. The van der Waals surface area contributed by atoms with Crippen LogP contribution >= 0.6 is 10.3 Å². The lowest BCUT2D eigenvalue weighted by Gasteiger charge is -2.40. The van der Waals surface area contributed by atoms with Gasteiger partial charge in [-0.1, -0.05) is 139 Å². The summed E-state index contributed by atoms with van der Waals surface area (Å²) in [5, 5.41) is 0. The van der Waals surface area contributed by atoms with Gasteiger partial charge in [0.15, 0.2) is 11.5 Å². The van der Waals surface area contributed by atoms with Crippen LogP contribution in [0.15, 0.2) is 227 Å². The average Bonchev–Trinajstić information content (AvgIpc) is 3.26. The van der Waals surface area contributed by atoms with Crippen molar-refractivity contribution in [2.24, 2.45) is 0 Å². The van der Waals surface area contributed by atoms with Crippen molar-refractivity contribution < 1.29 is 23.2 Å². The second kappa shape index (κ2) is 16.6. The molecule has 0 unspecified atom stereocenters. The van der Waals surface area contributed by atoms with Crippen LogP contribution in [0.1, 0.15) is 15.9 Å². The summed E-state index contributed by atoms with van der Waals surface area (Å²) in [5.41, 5.74) is 2.55. The number of carbonyl (C=O) groups is 1. The van der Waals surface area contributed by atoms with Crippen LogP contribution in [-0.2, 0) is 4.18 Å². The first-order chi connectivity index (χ1) is 27.6. The van der Waals surface area contributed by atoms with Gasteiger partial charge >= 0.3 is 5.97 Å². The fourth-order valence-corrected chi connectivity index (χ4v) is 9.45. The lowest BCUT2D eigenvalue weighted by molar-refractivity contribution is 0.0757. The molecule has 0 spiro atoms. The molecule has 8 aromatic rings. The van der Waals surface area contributed by atoms with Crippen molar-refractivity contribution in [3.05, 3.63) is 223 Å². The van der Waals surface area contributed by atoms with Gasteiger partial charge in [0, 0.05) is 26.3 Å². The molecule has 0 fully saturated rings. The largest absolute Gasteiger partial charge is 0.453 e. The molecule has 0 bridgehead atoms. The summed E-state index contributed by atoms with van der Waals surface area (Å²) in [6.07, 6.45) is 0. The Morgan fingerprint density at radius 1 is 0.429 bits per heavy atom. The molecule has 8 aromatic carbocycles. The Hall–Kier alpha value is -7.02. The molecule has 0 radical (unpaired) electrons. The highest BCUT2D eigenvalue weighted by atomic mass is 32.3. The Kier molecular flexibility index (Phi) is 10.6. The van der Waals surface area contributed by atoms with Crippen molar-refractivity contribution in [2.45, 2.75) is 21.6 Å². The van der Waals surface area contributed by atoms with Crippen molar-refractivity contribution in [3.8, 4) is 45.6 Å². The topological polar surface area (TPSA) is 54.0 Å². The summed E-state index contributed by atoms with van der Waals surface area (Å²) >= 11 is 0. The molecule has 0 N–H and O–H groups in total. The van der Waals surface area contributed by atoms with E-state index in [9.17, 15) is 0 Å². The van der Waals surface area contributed by atoms with Gasteiger partial charge in [0.05, 0.1) is 5.56 Å². The zero-order valence-corrected chi connectivity index (χ0v) is 31.5. The molecule has 0 atom stereocenters. The van der Waals surface area contributed by atoms with Crippen LogP contribution in [0.3, 0.4) is 0 Å². The predicted octanol–water partition coefficient (Wildman–Crippen LogP) is 14.1. The van der Waals surface area contributed by atoms with E-state index in [2.05, 4.69) is 24.3 Å². The van der Waals surface area contributed by atoms with Gasteiger partial charge in [-0.15, -0.1) is 0 Å². The van der Waals surface area contributed by atoms with Crippen molar-refractivity contribution in [1.82, 2.24) is 0 Å². The summed E-state index contributed by atoms with van der Waals surface area (Å²) < 4.78 is 27.3. The van der Waals surface area contributed by atoms with Gasteiger partial charge in [-0.25, -0.2) is 4.79 Å². The summed E-state index contributed by atoms with van der Waals surface area (Å²) in [6, 6.07) is 67.9. The zero-order chi connectivity index (χ0) is 38.2. The smallest absolute Gasteiger partial charge is 0.350 e. The highest BCUT2D eigenvalue weighted by Crippen LogP contribution is 2.69. The molecular weight excluding hydrogens is 713 g/mol. The molecule has 0 saturated carbocycles. The Morgan fingerprint density at radius 3 is 1.30 bits per heavy atom. The fraction of sp³-hybridized carbons (Fsp3) is 0.0200. The van der Waals surface area contributed by atoms with Crippen molar-refractivity contribution in [2.75, 3.05) is 0 Å². The van der Waals surface area contributed by atoms with E-state index in [0.29, 0.717) is 34.3 Å². The number of hydrogen-bond acceptors (Lipinski definition) is 5. The SMILES string of the molecule is Cc1ccc(S(OC(=O)c2cc(Oc3ccccc3)c(Oc3ccccc3)c(Oc3ccccc3)c2-c2ccccc2)(c2ccccc2)c2ccccc2)cc1. The third kappa shape index (κ3) is 7.65. The van der Waals surface area contributed by atoms with E-state index in [4.69, 9.17) is 18.4 Å². The van der Waals surface area contributed by atoms with Gasteiger partial charge in [0.2, 0.25) is 5.75 Å². The van der Waals surface area contributed by atoms with Gasteiger partial charge in [-0.2, -0.15) is 0 Å². The number of ether oxygens (including phenoxy) is 3. The van der Waals surface area contributed by atoms with Crippen LogP contribution in [0.25, 0.3) is 11.1 Å². The molecule has 0 heterocycles. The number of para-hydroxylation sites is 3. The highest BCUT2D eigenvalue weighted by molar-refractivity contribution is 8.30. The van der Waals surface area contributed by atoms with Gasteiger partial charge < -0.3 is 18.4 Å². The van der Waals surface area contributed by atoms with E-state index in [1.54, 1.807) is 6.07 Å². The fourth-order valence-electron chi connectivity index (χ4n) is 6.43. The van der Waals surface area contributed by atoms with Crippen LogP contribution < -0.4 is 14.2 Å². The minimum absolute atomic E-state index is 0.240. The van der Waals surface area contributed by atoms with Crippen LogP contribution in [-0.4, -0.2) is 5.97 Å². The van der Waals surface area contributed by atoms with E-state index in [0.717, 1.165) is 25.8 Å². The first kappa shape index (κ1) is 36.0. The molecular formula is C50H38O5S. The third-order valence-electron chi connectivity index (χ3n) is 9.09. The Bertz CT molecular complexity index is 2470. The standard InChI is InChI=1S/C50H38O5S/c1-37-32-34-44(35-33-37)56(42-28-16-6-17-29-42,43-30-18-7-19-31-43)55-50(51)45-36-46(52-39-22-10-3-11-23-39)48(53-40-24-12-4-13-25-40)49(54-41-26-14-5-15-27-41)47(45)38-20-8-2-9-21-38/h2-36H,1H3. The molecule has 6 heteroatoms. The minimum atomic E-state index is -2.66. The molecule has 0 aliphatic carbocycles. The third-order valence-corrected chi connectivity index (χ3v) is 12.3. The molecule has 0 aromatic heterocycles. The van der Waals surface area contributed by atoms with Crippen molar-refractivity contribution in [3.63, 3.8) is 0 Å². The monoisotopic (exact) mass is 750 g/mol. The first-order valence-electron chi connectivity index (χ1n) is 18.3. The maximum atomic E-state index is 15.6. The van der Waals surface area contributed by atoms with Crippen molar-refractivity contribution in [1.29, 1.82) is 0 Å². The average molecular weight is 751 g/mol. The van der Waals surface area contributed by atoms with Gasteiger partial charge in [-0.3, -0.25) is 0 Å². The Morgan fingerprint density at radius 2 is 0.821 bits per heavy atom. The second-order valence-electron chi connectivity index (χ2n) is 12.9. The molecule has 8 rings (SSSR count). The van der Waals surface area contributed by atoms with E-state index < -0.39 is 16.3 Å². The summed E-state index contributed by atoms with van der Waals surface area (Å²) in [5.74, 6) is 1.96. The number of hydrogen-bond donors (Lipinski definition) is 0. The number of rotatable bonds is 12. The van der Waals surface area contributed by atoms with Gasteiger partial charge in [0.25, 0.3) is 0 Å². The van der Waals surface area contributed by atoms with Crippen LogP contribution in [0.5, 0.6) is 34.5 Å². The molecule has 5 nitrogen and oxygen atoms in total. The quantitative estimate of drug-likeness (QED) is 0.124. The summed E-state index contributed by atoms with van der Waals surface area (Å²) in [7, 11) is -2.66. The number of benzene rings is 8. The lowest BCUT2D eigenvalue weighted by Crippen LogP contribution is -2.15. The van der Waals surface area contributed by atoms with E-state index in [1.807, 2.05) is 189 Å². The maximum absolute atomic E-state index is 15.6. The van der Waals surface area contributed by atoms with Crippen LogP contribution in [0.4, 0.5) is 0 Å². The Labute approximate surface area is 328 Å².